The number of aromatic amines is 1. The third kappa shape index (κ3) is 7.23. The van der Waals surface area contributed by atoms with Gasteiger partial charge in [-0.25, -0.2) is 4.98 Å². The van der Waals surface area contributed by atoms with Gasteiger partial charge in [0.15, 0.2) is 11.5 Å². The molecule has 280 valence electrons. The van der Waals surface area contributed by atoms with Crippen LogP contribution in [0.4, 0.5) is 11.5 Å². The number of anilines is 2. The first kappa shape index (κ1) is 35.2. The highest BCUT2D eigenvalue weighted by Crippen LogP contribution is 2.32. The molecule has 4 amide bonds. The summed E-state index contributed by atoms with van der Waals surface area (Å²) in [5.74, 6) is 0.805. The average Bonchev–Trinajstić information content (AvgIpc) is 3.92. The van der Waals surface area contributed by atoms with E-state index >= 15 is 0 Å². The molecule has 15 heteroatoms. The number of imidazole rings is 1. The normalized spacial score (nSPS) is 19.4. The second-order valence-electron chi connectivity index (χ2n) is 14.4. The number of piperidine rings is 1. The summed E-state index contributed by atoms with van der Waals surface area (Å²) < 4.78 is 6.86. The van der Waals surface area contributed by atoms with Crippen molar-refractivity contribution in [2.75, 3.05) is 50.1 Å². The highest BCUT2D eigenvalue weighted by Gasteiger charge is 2.39. The van der Waals surface area contributed by atoms with Crippen LogP contribution in [0, 0.1) is 5.92 Å². The number of nitrogens with zero attached hydrogens (tertiary/aromatic N) is 7. The fourth-order valence-electron chi connectivity index (χ4n) is 8.08. The van der Waals surface area contributed by atoms with Crippen molar-refractivity contribution in [3.63, 3.8) is 0 Å². The number of piperazine rings is 1. The van der Waals surface area contributed by atoms with Crippen molar-refractivity contribution in [1.29, 1.82) is 0 Å². The van der Waals surface area contributed by atoms with Crippen LogP contribution in [0.2, 0.25) is 0 Å². The zero-order chi connectivity index (χ0) is 37.2. The smallest absolute Gasteiger partial charge is 0.260 e. The zero-order valence-electron chi connectivity index (χ0n) is 30.3. The van der Waals surface area contributed by atoms with Crippen molar-refractivity contribution < 1.29 is 23.9 Å². The van der Waals surface area contributed by atoms with Crippen molar-refractivity contribution in [2.24, 2.45) is 5.92 Å². The number of carbonyl (C=O) groups is 4. The number of imide groups is 1. The van der Waals surface area contributed by atoms with Crippen molar-refractivity contribution in [3.05, 3.63) is 77.7 Å². The van der Waals surface area contributed by atoms with E-state index in [1.807, 2.05) is 12.1 Å². The fraction of sp³-hybridized carbons (Fsp3) is 0.410. The van der Waals surface area contributed by atoms with E-state index in [4.69, 9.17) is 4.74 Å². The lowest BCUT2D eigenvalue weighted by Gasteiger charge is -2.38. The van der Waals surface area contributed by atoms with Gasteiger partial charge < -0.3 is 19.9 Å². The van der Waals surface area contributed by atoms with E-state index in [-0.39, 0.29) is 30.0 Å². The van der Waals surface area contributed by atoms with Crippen LogP contribution in [0.15, 0.2) is 61.1 Å². The number of nitrogens with one attached hydrogen (secondary N) is 3. The van der Waals surface area contributed by atoms with Crippen LogP contribution >= 0.6 is 0 Å². The van der Waals surface area contributed by atoms with Gasteiger partial charge in [-0.3, -0.25) is 34.5 Å². The molecule has 0 bridgehead atoms. The molecule has 2 aromatic carbocycles. The Hall–Kier alpha value is -5.83. The van der Waals surface area contributed by atoms with Crippen LogP contribution in [0.3, 0.4) is 0 Å². The maximum atomic E-state index is 13.1. The Balaban J connectivity index is 0.000000160. The molecule has 1 atom stereocenters. The van der Waals surface area contributed by atoms with E-state index in [1.165, 1.54) is 45.8 Å². The second kappa shape index (κ2) is 15.3. The Kier molecular flexibility index (Phi) is 9.95. The van der Waals surface area contributed by atoms with Crippen LogP contribution in [-0.4, -0.2) is 104 Å². The highest BCUT2D eigenvalue weighted by molar-refractivity contribution is 6.08. The Bertz CT molecular complexity index is 2200. The molecule has 3 aromatic heterocycles. The van der Waals surface area contributed by atoms with Gasteiger partial charge in [-0.05, 0) is 61.1 Å². The molecule has 3 fully saturated rings. The first-order chi connectivity index (χ1) is 26.3. The summed E-state index contributed by atoms with van der Waals surface area (Å²) in [4.78, 5) is 60.2. The molecular weight excluding hydrogens is 688 g/mol. The van der Waals surface area contributed by atoms with Crippen LogP contribution in [0.25, 0.3) is 16.6 Å². The molecule has 2 saturated heterocycles. The number of methoxy groups -OCH3 is 1. The summed E-state index contributed by atoms with van der Waals surface area (Å²) >= 11 is 0. The zero-order valence-corrected chi connectivity index (χ0v) is 30.3. The molecular formula is C39H44N10O5. The van der Waals surface area contributed by atoms with Crippen LogP contribution < -0.4 is 20.3 Å². The van der Waals surface area contributed by atoms with Gasteiger partial charge in [-0.2, -0.15) is 14.7 Å². The largest absolute Gasteiger partial charge is 0.496 e. The third-order valence-electron chi connectivity index (χ3n) is 11.0. The van der Waals surface area contributed by atoms with Crippen LogP contribution in [0.1, 0.15) is 71.2 Å². The number of H-pyrrole nitrogens is 1. The number of aromatic nitrogens is 5. The summed E-state index contributed by atoms with van der Waals surface area (Å²) in [6.45, 7) is 5.79. The van der Waals surface area contributed by atoms with E-state index < -0.39 is 6.04 Å². The number of carbonyl (C=O) groups excluding carboxylic acids is 4. The quantitative estimate of drug-likeness (QED) is 0.208. The number of benzene rings is 2. The van der Waals surface area contributed by atoms with Gasteiger partial charge in [-0.15, -0.1) is 0 Å². The predicted octanol–water partition coefficient (Wildman–Crippen LogP) is 4.02. The summed E-state index contributed by atoms with van der Waals surface area (Å²) in [5, 5.41) is 17.0. The van der Waals surface area contributed by atoms with Crippen LogP contribution in [-0.2, 0) is 16.1 Å². The highest BCUT2D eigenvalue weighted by atomic mass is 16.5. The SMILES string of the molecule is COc1cc2[nH]ncc2cc1C(=O)Nc1cnc2cccnn12.O=C1CCC(N2Cc3ccc(N4CCN(CC5CCCCC5)CC4)cc3C2=O)C(=O)N1. The fourth-order valence-corrected chi connectivity index (χ4v) is 8.08. The van der Waals surface area contributed by atoms with Gasteiger partial charge in [0, 0.05) is 74.6 Å². The summed E-state index contributed by atoms with van der Waals surface area (Å²) in [5.41, 5.74) is 4.62. The lowest BCUT2D eigenvalue weighted by molar-refractivity contribution is -0.136. The summed E-state index contributed by atoms with van der Waals surface area (Å²) in [6.07, 6.45) is 12.5. The van der Waals surface area contributed by atoms with Gasteiger partial charge in [0.05, 0.1) is 30.6 Å². The molecule has 1 aliphatic carbocycles. The van der Waals surface area contributed by atoms with Crippen LogP contribution in [0.5, 0.6) is 5.75 Å². The molecule has 6 heterocycles. The standard InChI is InChI=1S/C24H32N4O3.C15H12N6O2/c29-22-9-8-21(23(30)25-22)28-16-18-6-7-19(14-20(18)24(28)31)27-12-10-26(11-13-27)15-17-4-2-1-3-5-17;1-23-12-6-11-9(7-17-20-11)5-10(12)15(22)19-14-8-16-13-3-2-4-18-21(13)14/h6-7,14,17,21H,1-5,8-13,15-16H2,(H,25,29,30);2-8H,1H3,(H,17,20)(H,19,22). The maximum Gasteiger partial charge on any atom is 0.260 e. The molecule has 3 N–H and O–H groups in total. The van der Waals surface area contributed by atoms with Gasteiger partial charge in [0.2, 0.25) is 11.8 Å². The van der Waals surface area contributed by atoms with Gasteiger partial charge in [0.25, 0.3) is 11.8 Å². The van der Waals surface area contributed by atoms with Crippen molar-refractivity contribution >= 4 is 51.7 Å². The Morgan fingerprint density at radius 2 is 1.81 bits per heavy atom. The molecule has 0 spiro atoms. The van der Waals surface area contributed by atoms with Gasteiger partial charge >= 0.3 is 0 Å². The van der Waals surface area contributed by atoms with Crippen molar-refractivity contribution in [3.8, 4) is 5.75 Å². The first-order valence-corrected chi connectivity index (χ1v) is 18.7. The molecule has 54 heavy (non-hydrogen) atoms. The van der Waals surface area contributed by atoms with Crippen molar-refractivity contribution in [2.45, 2.75) is 57.5 Å². The van der Waals surface area contributed by atoms with Crippen molar-refractivity contribution in [1.82, 2.24) is 39.9 Å². The minimum absolute atomic E-state index is 0.0951. The van der Waals surface area contributed by atoms with E-state index in [9.17, 15) is 19.2 Å². The number of ether oxygens (including phenoxy) is 1. The minimum atomic E-state index is -0.551. The van der Waals surface area contributed by atoms with E-state index in [1.54, 1.807) is 52.3 Å². The molecule has 0 radical (unpaired) electrons. The maximum absolute atomic E-state index is 13.1. The second-order valence-corrected chi connectivity index (χ2v) is 14.4. The summed E-state index contributed by atoms with van der Waals surface area (Å²) in [7, 11) is 1.52. The molecule has 1 saturated carbocycles. The van der Waals surface area contributed by atoms with Gasteiger partial charge in [-0.1, -0.05) is 25.3 Å². The number of amides is 4. The molecule has 9 rings (SSSR count). The average molecular weight is 733 g/mol. The van der Waals surface area contributed by atoms with E-state index in [2.05, 4.69) is 46.8 Å². The number of rotatable bonds is 7. The number of fused-ring (bicyclic) bond motifs is 3. The monoisotopic (exact) mass is 732 g/mol. The molecule has 15 nitrogen and oxygen atoms in total. The topological polar surface area (TPSA) is 170 Å². The molecule has 1 unspecified atom stereocenters. The molecule has 4 aliphatic rings. The summed E-state index contributed by atoms with van der Waals surface area (Å²) in [6, 6.07) is 12.6. The van der Waals surface area contributed by atoms with E-state index in [0.29, 0.717) is 41.3 Å². The third-order valence-corrected chi connectivity index (χ3v) is 11.0. The Labute approximate surface area is 312 Å². The minimum Gasteiger partial charge on any atom is -0.496 e. The molecule has 5 aromatic rings. The lowest BCUT2D eigenvalue weighted by atomic mass is 9.89. The number of hydrogen-bond donors (Lipinski definition) is 3. The predicted molar refractivity (Wildman–Crippen MR) is 201 cm³/mol. The lowest BCUT2D eigenvalue weighted by Crippen LogP contribution is -2.52. The Morgan fingerprint density at radius 3 is 2.61 bits per heavy atom. The first-order valence-electron chi connectivity index (χ1n) is 18.7. The number of hydrogen-bond acceptors (Lipinski definition) is 10. The van der Waals surface area contributed by atoms with Gasteiger partial charge in [0.1, 0.15) is 11.8 Å². The van der Waals surface area contributed by atoms with E-state index in [0.717, 1.165) is 54.3 Å². The molecule has 3 aliphatic heterocycles. The Morgan fingerprint density at radius 1 is 0.981 bits per heavy atom.